The van der Waals surface area contributed by atoms with Gasteiger partial charge >= 0.3 is 6.09 Å². The quantitative estimate of drug-likeness (QED) is 0.402. The third-order valence-corrected chi connectivity index (χ3v) is 7.72. The molecule has 10 heteroatoms. The van der Waals surface area contributed by atoms with Gasteiger partial charge in [0.2, 0.25) is 17.7 Å². The van der Waals surface area contributed by atoms with Crippen LogP contribution in [0.5, 0.6) is 0 Å². The summed E-state index contributed by atoms with van der Waals surface area (Å²) in [5.41, 5.74) is 5.49. The van der Waals surface area contributed by atoms with Crippen molar-refractivity contribution in [2.45, 2.75) is 56.4 Å². The Balaban J connectivity index is 1.60. The molecule has 2 aliphatic rings. The zero-order valence-corrected chi connectivity index (χ0v) is 23.9. The summed E-state index contributed by atoms with van der Waals surface area (Å²) in [7, 11) is 1.53. The zero-order valence-electron chi connectivity index (χ0n) is 23.9. The number of nitrogens with one attached hydrogen (secondary N) is 2. The number of carbonyl (C=O) groups excluding carboxylic acids is 4. The first-order valence-electron chi connectivity index (χ1n) is 13.6. The zero-order chi connectivity index (χ0) is 30.0. The van der Waals surface area contributed by atoms with Crippen LogP contribution < -0.4 is 16.4 Å². The van der Waals surface area contributed by atoms with E-state index in [-0.39, 0.29) is 25.4 Å². The maximum absolute atomic E-state index is 13.7. The highest BCUT2D eigenvalue weighted by Gasteiger charge is 2.60. The Morgan fingerprint density at radius 2 is 1.68 bits per heavy atom. The van der Waals surface area contributed by atoms with E-state index in [1.54, 1.807) is 26.8 Å². The van der Waals surface area contributed by atoms with E-state index in [2.05, 4.69) is 17.2 Å². The van der Waals surface area contributed by atoms with Crippen LogP contribution in [0.4, 0.5) is 4.79 Å². The average molecular weight is 563 g/mol. The average Bonchev–Trinajstić information content (AvgIpc) is 3.51. The lowest BCUT2D eigenvalue weighted by Crippen LogP contribution is -2.55. The molecule has 1 saturated carbocycles. The Kier molecular flexibility index (Phi) is 8.26. The molecule has 1 heterocycles. The number of primary amides is 1. The molecule has 0 spiro atoms. The highest BCUT2D eigenvalue weighted by Crippen LogP contribution is 2.45. The van der Waals surface area contributed by atoms with Gasteiger partial charge in [-0.25, -0.2) is 4.79 Å². The van der Waals surface area contributed by atoms with Crippen molar-refractivity contribution in [3.05, 3.63) is 72.8 Å². The molecule has 0 aromatic heterocycles. The molecule has 0 bridgehead atoms. The number of carbonyl (C=O) groups is 4. The van der Waals surface area contributed by atoms with Crippen LogP contribution in [0.1, 0.15) is 39.2 Å². The van der Waals surface area contributed by atoms with E-state index in [1.165, 1.54) is 12.0 Å². The Morgan fingerprint density at radius 1 is 1.05 bits per heavy atom. The van der Waals surface area contributed by atoms with E-state index in [1.807, 2.05) is 54.6 Å². The molecule has 10 nitrogen and oxygen atoms in total. The molecule has 1 aliphatic heterocycles. The number of likely N-dealkylation sites (tertiary alicyclic amines) is 1. The number of nitrogens with zero attached hydrogens (tertiary/aromatic N) is 1. The van der Waals surface area contributed by atoms with Crippen molar-refractivity contribution in [2.24, 2.45) is 11.7 Å². The van der Waals surface area contributed by atoms with Crippen LogP contribution in [0.15, 0.2) is 67.3 Å². The largest absolute Gasteiger partial charge is 0.444 e. The summed E-state index contributed by atoms with van der Waals surface area (Å²) in [5, 5.41) is 5.26. The fourth-order valence-corrected chi connectivity index (χ4v) is 5.37. The van der Waals surface area contributed by atoms with Crippen molar-refractivity contribution < 1.29 is 28.7 Å². The summed E-state index contributed by atoms with van der Waals surface area (Å²) in [4.78, 5) is 53.0. The summed E-state index contributed by atoms with van der Waals surface area (Å²) < 4.78 is 11.3. The second kappa shape index (κ2) is 11.4. The van der Waals surface area contributed by atoms with Crippen LogP contribution >= 0.6 is 0 Å². The second-order valence-electron chi connectivity index (χ2n) is 11.6. The van der Waals surface area contributed by atoms with Crippen LogP contribution in [0.25, 0.3) is 11.1 Å². The molecule has 4 atom stereocenters. The van der Waals surface area contributed by atoms with Crippen molar-refractivity contribution in [1.82, 2.24) is 15.5 Å². The molecule has 2 fully saturated rings. The van der Waals surface area contributed by atoms with Gasteiger partial charge in [0.05, 0.1) is 6.54 Å². The maximum atomic E-state index is 13.7. The number of alkyl carbamates (subject to hydrolysis) is 1. The van der Waals surface area contributed by atoms with Crippen LogP contribution in [0, 0.1) is 5.92 Å². The molecule has 1 aliphatic carbocycles. The van der Waals surface area contributed by atoms with Gasteiger partial charge in [-0.15, -0.1) is 6.58 Å². The van der Waals surface area contributed by atoms with Gasteiger partial charge in [0.15, 0.2) is 0 Å². The van der Waals surface area contributed by atoms with E-state index in [0.717, 1.165) is 16.7 Å². The minimum absolute atomic E-state index is 0.0512. The summed E-state index contributed by atoms with van der Waals surface area (Å²) in [6.45, 7) is 8.54. The van der Waals surface area contributed by atoms with E-state index in [4.69, 9.17) is 15.2 Å². The van der Waals surface area contributed by atoms with Crippen LogP contribution in [0.3, 0.4) is 0 Å². The highest BCUT2D eigenvalue weighted by molar-refractivity contribution is 5.97. The molecular formula is C31H38N4O6. The standard InChI is InChI=1S/C31H38N4O6/c1-6-22-16-31(22,27(32)38)34-26(37)24-17-30(40-5,19-35(24)25(36)18-33-28(39)41-29(2,3)4)23-14-12-21(13-15-23)20-10-8-7-9-11-20/h6-15,22,24H,1,16-19H2,2-5H3,(H2,32,38)(H,33,39)(H,34,37)/t22-,24+,30+,31-/m1/s1. The topological polar surface area (TPSA) is 140 Å². The third kappa shape index (κ3) is 6.27. The fourth-order valence-electron chi connectivity index (χ4n) is 5.37. The summed E-state index contributed by atoms with van der Waals surface area (Å²) in [6, 6.07) is 16.7. The van der Waals surface area contributed by atoms with Gasteiger partial charge in [0, 0.05) is 19.4 Å². The highest BCUT2D eigenvalue weighted by atomic mass is 16.6. The molecule has 218 valence electrons. The van der Waals surface area contributed by atoms with Crippen LogP contribution in [-0.2, 0) is 29.5 Å². The molecule has 1 saturated heterocycles. The summed E-state index contributed by atoms with van der Waals surface area (Å²) in [5.74, 6) is -1.98. The van der Waals surface area contributed by atoms with Crippen molar-refractivity contribution in [3.63, 3.8) is 0 Å². The van der Waals surface area contributed by atoms with Crippen molar-refractivity contribution in [2.75, 3.05) is 20.2 Å². The van der Waals surface area contributed by atoms with Gasteiger partial charge in [-0.1, -0.05) is 60.7 Å². The minimum atomic E-state index is -1.24. The molecule has 0 unspecified atom stereocenters. The third-order valence-electron chi connectivity index (χ3n) is 7.72. The SMILES string of the molecule is C=C[C@@H]1C[C@]1(NC(=O)[C@@H]1C[C@@](OC)(c2ccc(-c3ccccc3)cc2)CN1C(=O)CNC(=O)OC(C)(C)C)C(N)=O. The fraction of sp³-hybridized carbons (Fsp3) is 0.419. The Labute approximate surface area is 240 Å². The van der Waals surface area contributed by atoms with E-state index < -0.39 is 46.6 Å². The molecule has 4 N–H and O–H groups in total. The summed E-state index contributed by atoms with van der Waals surface area (Å²) >= 11 is 0. The number of benzene rings is 2. The second-order valence-corrected chi connectivity index (χ2v) is 11.6. The number of rotatable bonds is 9. The van der Waals surface area contributed by atoms with Crippen LogP contribution in [0.2, 0.25) is 0 Å². The first kappa shape index (κ1) is 29.8. The first-order valence-corrected chi connectivity index (χ1v) is 13.6. The maximum Gasteiger partial charge on any atom is 0.408 e. The lowest BCUT2D eigenvalue weighted by Gasteiger charge is -2.28. The molecule has 4 rings (SSSR count). The predicted molar refractivity (Wildman–Crippen MR) is 153 cm³/mol. The van der Waals surface area contributed by atoms with Gasteiger partial charge in [-0.05, 0) is 43.9 Å². The normalized spacial score (nSPS) is 25.2. The first-order chi connectivity index (χ1) is 19.3. The van der Waals surface area contributed by atoms with Crippen molar-refractivity contribution >= 4 is 23.8 Å². The molecular weight excluding hydrogens is 524 g/mol. The Bertz CT molecular complexity index is 1320. The number of hydrogen-bond donors (Lipinski definition) is 3. The predicted octanol–water partition coefficient (Wildman–Crippen LogP) is 2.87. The molecule has 41 heavy (non-hydrogen) atoms. The van der Waals surface area contributed by atoms with Gasteiger partial charge in [-0.3, -0.25) is 14.4 Å². The molecule has 2 aromatic rings. The van der Waals surface area contributed by atoms with Gasteiger partial charge < -0.3 is 30.7 Å². The Morgan fingerprint density at radius 3 is 2.22 bits per heavy atom. The van der Waals surface area contributed by atoms with Crippen molar-refractivity contribution in [1.29, 1.82) is 0 Å². The number of hydrogen-bond acceptors (Lipinski definition) is 6. The Hall–Kier alpha value is -4.18. The minimum Gasteiger partial charge on any atom is -0.444 e. The number of amides is 4. The lowest BCUT2D eigenvalue weighted by molar-refractivity contribution is -0.139. The smallest absolute Gasteiger partial charge is 0.408 e. The lowest BCUT2D eigenvalue weighted by atomic mass is 9.89. The van der Waals surface area contributed by atoms with E-state index in [0.29, 0.717) is 6.42 Å². The molecule has 2 aromatic carbocycles. The number of nitrogens with two attached hydrogens (primary N) is 1. The number of methoxy groups -OCH3 is 1. The monoisotopic (exact) mass is 562 g/mol. The van der Waals surface area contributed by atoms with E-state index >= 15 is 0 Å². The summed E-state index contributed by atoms with van der Waals surface area (Å²) in [6.07, 6.45) is 1.31. The number of ether oxygens (including phenoxy) is 2. The van der Waals surface area contributed by atoms with Gasteiger partial charge in [-0.2, -0.15) is 0 Å². The molecule has 4 amide bonds. The van der Waals surface area contributed by atoms with E-state index in [9.17, 15) is 19.2 Å². The van der Waals surface area contributed by atoms with Crippen molar-refractivity contribution in [3.8, 4) is 11.1 Å². The molecule has 0 radical (unpaired) electrons. The van der Waals surface area contributed by atoms with Crippen LogP contribution in [-0.4, -0.2) is 66.1 Å². The van der Waals surface area contributed by atoms with Gasteiger partial charge in [0.25, 0.3) is 0 Å². The van der Waals surface area contributed by atoms with Gasteiger partial charge in [0.1, 0.15) is 29.3 Å².